The largest absolute Gasteiger partial charge is 0.430 e. The molecule has 9 heteroatoms. The number of hydrogen-bond acceptors (Lipinski definition) is 9. The predicted octanol–water partition coefficient (Wildman–Crippen LogP) is 4.46. The molecule has 0 atom stereocenters. The first kappa shape index (κ1) is 21.2. The normalized spacial score (nSPS) is 14.0. The van der Waals surface area contributed by atoms with Gasteiger partial charge in [0.15, 0.2) is 11.8 Å². The molecule has 0 radical (unpaired) electrons. The van der Waals surface area contributed by atoms with E-state index in [0.717, 1.165) is 53.7 Å². The molecule has 0 saturated carbocycles. The van der Waals surface area contributed by atoms with Crippen LogP contribution in [-0.2, 0) is 5.41 Å². The van der Waals surface area contributed by atoms with E-state index < -0.39 is 0 Å². The van der Waals surface area contributed by atoms with Gasteiger partial charge in [0, 0.05) is 41.9 Å². The average Bonchev–Trinajstić information content (AvgIpc) is 3.20. The van der Waals surface area contributed by atoms with Crippen LogP contribution < -0.4 is 15.4 Å². The van der Waals surface area contributed by atoms with Gasteiger partial charge in [-0.1, -0.05) is 20.8 Å². The molecule has 162 valence electrons. The Hall–Kier alpha value is -3.07. The Morgan fingerprint density at radius 3 is 2.61 bits per heavy atom. The Labute approximate surface area is 186 Å². The van der Waals surface area contributed by atoms with Crippen molar-refractivity contribution in [3.05, 3.63) is 41.3 Å². The fourth-order valence-electron chi connectivity index (χ4n) is 3.06. The molecule has 2 aromatic heterocycles. The first-order valence-corrected chi connectivity index (χ1v) is 11.1. The third kappa shape index (κ3) is 4.99. The minimum absolute atomic E-state index is 0.0502. The van der Waals surface area contributed by atoms with Crippen molar-refractivity contribution in [2.45, 2.75) is 46.5 Å². The molecule has 1 aromatic carbocycles. The van der Waals surface area contributed by atoms with E-state index in [-0.39, 0.29) is 5.41 Å². The number of guanidine groups is 1. The first-order chi connectivity index (χ1) is 14.8. The molecule has 8 nitrogen and oxygen atoms in total. The average molecular weight is 438 g/mol. The molecule has 4 rings (SSSR count). The molecule has 3 heterocycles. The van der Waals surface area contributed by atoms with Crippen molar-refractivity contribution >= 4 is 23.2 Å². The second-order valence-electron chi connectivity index (χ2n) is 8.59. The summed E-state index contributed by atoms with van der Waals surface area (Å²) < 4.78 is 10.4. The summed E-state index contributed by atoms with van der Waals surface area (Å²) in [6.45, 7) is 12.1. The van der Waals surface area contributed by atoms with Gasteiger partial charge in [-0.05, 0) is 43.5 Å². The van der Waals surface area contributed by atoms with Gasteiger partial charge in [0.25, 0.3) is 5.19 Å². The molecule has 1 aliphatic heterocycles. The Morgan fingerprint density at radius 1 is 1.10 bits per heavy atom. The van der Waals surface area contributed by atoms with Crippen molar-refractivity contribution in [1.29, 1.82) is 0 Å². The molecular weight excluding hydrogens is 410 g/mol. The number of rotatable bonds is 4. The van der Waals surface area contributed by atoms with Crippen LogP contribution in [-0.4, -0.2) is 38.4 Å². The van der Waals surface area contributed by atoms with Crippen LogP contribution >= 0.6 is 11.5 Å². The number of benzene rings is 1. The second-order valence-corrected chi connectivity index (χ2v) is 9.31. The predicted molar refractivity (Wildman–Crippen MR) is 124 cm³/mol. The molecular formula is C22H27N7OS. The Morgan fingerprint density at radius 2 is 1.94 bits per heavy atom. The lowest BCUT2D eigenvalue weighted by Gasteiger charge is -2.18. The van der Waals surface area contributed by atoms with Crippen LogP contribution in [0.25, 0.3) is 11.5 Å². The molecule has 0 spiro atoms. The zero-order chi connectivity index (χ0) is 22.0. The molecule has 0 bridgehead atoms. The smallest absolute Gasteiger partial charge is 0.299 e. The number of nitrogens with zero attached hydrogens (tertiary/aromatic N) is 5. The highest BCUT2D eigenvalue weighted by Gasteiger charge is 2.17. The minimum atomic E-state index is -0.0502. The van der Waals surface area contributed by atoms with Gasteiger partial charge >= 0.3 is 0 Å². The summed E-state index contributed by atoms with van der Waals surface area (Å²) in [6, 6.07) is 4.06. The molecule has 31 heavy (non-hydrogen) atoms. The molecule has 1 aliphatic rings. The van der Waals surface area contributed by atoms with Gasteiger partial charge in [0.2, 0.25) is 0 Å². The lowest BCUT2D eigenvalue weighted by molar-refractivity contribution is 0.475. The minimum Gasteiger partial charge on any atom is -0.430 e. The first-order valence-electron chi connectivity index (χ1n) is 10.3. The van der Waals surface area contributed by atoms with Crippen LogP contribution in [0, 0.1) is 13.8 Å². The van der Waals surface area contributed by atoms with Gasteiger partial charge in [-0.2, -0.15) is 9.36 Å². The molecule has 3 aromatic rings. The van der Waals surface area contributed by atoms with Crippen molar-refractivity contribution in [1.82, 2.24) is 24.6 Å². The summed E-state index contributed by atoms with van der Waals surface area (Å²) in [6.07, 6.45) is 4.55. The fraction of sp³-hybridized carbons (Fsp3) is 0.409. The van der Waals surface area contributed by atoms with Gasteiger partial charge in [-0.3, -0.25) is 9.98 Å². The van der Waals surface area contributed by atoms with Crippen LogP contribution in [0.15, 0.2) is 29.5 Å². The van der Waals surface area contributed by atoms with Crippen LogP contribution in [0.4, 0.5) is 5.69 Å². The summed E-state index contributed by atoms with van der Waals surface area (Å²) in [5, 5.41) is 7.11. The maximum absolute atomic E-state index is 6.04. The number of nitrogens with one attached hydrogen (secondary N) is 2. The number of anilines is 1. The maximum atomic E-state index is 6.04. The highest BCUT2D eigenvalue weighted by Crippen LogP contribution is 2.32. The van der Waals surface area contributed by atoms with Gasteiger partial charge in [-0.15, -0.1) is 0 Å². The van der Waals surface area contributed by atoms with Crippen LogP contribution in [0.3, 0.4) is 0 Å². The Balaban J connectivity index is 1.49. The highest BCUT2D eigenvalue weighted by molar-refractivity contribution is 7.07. The van der Waals surface area contributed by atoms with Crippen molar-refractivity contribution in [3.63, 3.8) is 0 Å². The number of hydrogen-bond donors (Lipinski definition) is 2. The summed E-state index contributed by atoms with van der Waals surface area (Å²) >= 11 is 1.20. The zero-order valence-corrected chi connectivity index (χ0v) is 19.3. The van der Waals surface area contributed by atoms with E-state index in [9.17, 15) is 0 Å². The maximum Gasteiger partial charge on any atom is 0.299 e. The molecule has 2 N–H and O–H groups in total. The molecule has 0 saturated heterocycles. The molecule has 0 aliphatic carbocycles. The van der Waals surface area contributed by atoms with Crippen molar-refractivity contribution in [2.24, 2.45) is 4.99 Å². The fourth-order valence-corrected chi connectivity index (χ4v) is 3.61. The van der Waals surface area contributed by atoms with Crippen LogP contribution in [0.2, 0.25) is 0 Å². The van der Waals surface area contributed by atoms with E-state index in [2.05, 4.69) is 61.8 Å². The Bertz CT molecular complexity index is 1100. The van der Waals surface area contributed by atoms with Gasteiger partial charge in [0.1, 0.15) is 11.4 Å². The Kier molecular flexibility index (Phi) is 5.86. The standard InChI is InChI=1S/C22H27N7OS/c1-13-10-17(14(2)9-15(13)27-20-23-7-6-8-24-20)30-21-28-19(29-31-21)16-11-26-18(12-25-16)22(3,4)5/h9-12H,6-8H2,1-5H3,(H2,23,24,27). The van der Waals surface area contributed by atoms with E-state index in [4.69, 9.17) is 4.74 Å². The summed E-state index contributed by atoms with van der Waals surface area (Å²) in [7, 11) is 0. The number of aryl methyl sites for hydroxylation is 2. The van der Waals surface area contributed by atoms with Crippen molar-refractivity contribution < 1.29 is 4.74 Å². The molecule has 0 unspecified atom stereocenters. The van der Waals surface area contributed by atoms with E-state index in [0.29, 0.717) is 16.7 Å². The number of aliphatic imine (C=N–C) groups is 1. The third-order valence-corrected chi connectivity index (χ3v) is 5.52. The summed E-state index contributed by atoms with van der Waals surface area (Å²) in [5.74, 6) is 2.08. The monoisotopic (exact) mass is 437 g/mol. The summed E-state index contributed by atoms with van der Waals surface area (Å²) in [4.78, 5) is 17.9. The van der Waals surface area contributed by atoms with Crippen molar-refractivity contribution in [2.75, 3.05) is 18.4 Å². The summed E-state index contributed by atoms with van der Waals surface area (Å²) in [5.41, 5.74) is 4.57. The van der Waals surface area contributed by atoms with Crippen LogP contribution in [0.5, 0.6) is 10.9 Å². The quantitative estimate of drug-likeness (QED) is 0.622. The van der Waals surface area contributed by atoms with Gasteiger partial charge < -0.3 is 15.4 Å². The number of ether oxygens (including phenoxy) is 1. The van der Waals surface area contributed by atoms with E-state index in [1.807, 2.05) is 19.9 Å². The van der Waals surface area contributed by atoms with Crippen LogP contribution in [0.1, 0.15) is 44.0 Å². The van der Waals surface area contributed by atoms with E-state index in [1.54, 1.807) is 12.4 Å². The molecule has 0 amide bonds. The van der Waals surface area contributed by atoms with Crippen molar-refractivity contribution in [3.8, 4) is 22.5 Å². The lowest BCUT2D eigenvalue weighted by Crippen LogP contribution is -2.35. The van der Waals surface area contributed by atoms with Gasteiger partial charge in [0.05, 0.1) is 11.9 Å². The zero-order valence-electron chi connectivity index (χ0n) is 18.5. The van der Waals surface area contributed by atoms with Gasteiger partial charge in [-0.25, -0.2) is 4.98 Å². The SMILES string of the molecule is Cc1cc(Oc2nc(-c3cnc(C(C)(C)C)cn3)ns2)c(C)cc1NC1=NCCCN1. The van der Waals surface area contributed by atoms with E-state index in [1.165, 1.54) is 11.5 Å². The topological polar surface area (TPSA) is 97.2 Å². The number of aromatic nitrogens is 4. The van der Waals surface area contributed by atoms with E-state index >= 15 is 0 Å². The lowest BCUT2D eigenvalue weighted by atomic mass is 9.93. The third-order valence-electron chi connectivity index (χ3n) is 4.93. The molecule has 0 fully saturated rings. The second kappa shape index (κ2) is 8.58. The highest BCUT2D eigenvalue weighted by atomic mass is 32.1.